The van der Waals surface area contributed by atoms with Gasteiger partial charge in [0.05, 0.1) is 25.2 Å². The Hall–Kier alpha value is -0.860. The van der Waals surface area contributed by atoms with Gasteiger partial charge >= 0.3 is 0 Å². The number of nitrogens with one attached hydrogen (secondary N) is 1. The molecule has 2 nitrogen and oxygen atoms in total. The fraction of sp³-hybridized carbons (Fsp3) is 0.647. The van der Waals surface area contributed by atoms with Crippen LogP contribution in [0, 0.1) is 5.92 Å². The van der Waals surface area contributed by atoms with Crippen LogP contribution in [0.25, 0.3) is 0 Å². The van der Waals surface area contributed by atoms with E-state index < -0.39 is 5.60 Å². The zero-order valence-electron chi connectivity index (χ0n) is 12.7. The van der Waals surface area contributed by atoms with Crippen LogP contribution in [0.2, 0.25) is 0 Å². The Kier molecular flexibility index (Phi) is 4.32. The molecule has 1 aliphatic heterocycles. The summed E-state index contributed by atoms with van der Waals surface area (Å²) in [7, 11) is 2.23. The van der Waals surface area contributed by atoms with E-state index in [4.69, 9.17) is 0 Å². The average molecular weight is 262 g/mol. The molecule has 1 saturated heterocycles. The molecule has 106 valence electrons. The summed E-state index contributed by atoms with van der Waals surface area (Å²) in [5.74, 6) is 0.356. The third kappa shape index (κ3) is 3.18. The van der Waals surface area contributed by atoms with Crippen molar-refractivity contribution >= 4 is 0 Å². The molecule has 1 aromatic rings. The summed E-state index contributed by atoms with van der Waals surface area (Å²) in [6.45, 7) is 7.67. The summed E-state index contributed by atoms with van der Waals surface area (Å²) in [4.78, 5) is 1.54. The van der Waals surface area contributed by atoms with Crippen LogP contribution in [0.1, 0.15) is 38.3 Å². The number of aryl methyl sites for hydroxylation is 1. The summed E-state index contributed by atoms with van der Waals surface area (Å²) >= 11 is 0. The zero-order valence-corrected chi connectivity index (χ0v) is 12.7. The number of quaternary nitrogens is 1. The average Bonchev–Trinajstić information content (AvgIpc) is 2.37. The monoisotopic (exact) mass is 262 g/mol. The van der Waals surface area contributed by atoms with Crippen molar-refractivity contribution < 1.29 is 10.0 Å². The Morgan fingerprint density at radius 1 is 1.21 bits per heavy atom. The number of piperidine rings is 1. The Morgan fingerprint density at radius 2 is 1.79 bits per heavy atom. The van der Waals surface area contributed by atoms with Crippen LogP contribution in [-0.4, -0.2) is 30.3 Å². The first-order chi connectivity index (χ1) is 8.94. The van der Waals surface area contributed by atoms with Gasteiger partial charge in [0.2, 0.25) is 0 Å². The van der Waals surface area contributed by atoms with Crippen molar-refractivity contribution in [1.82, 2.24) is 0 Å². The zero-order chi connectivity index (χ0) is 14.0. The molecule has 2 rings (SSSR count). The lowest BCUT2D eigenvalue weighted by Crippen LogP contribution is -3.15. The molecule has 2 heteroatoms. The summed E-state index contributed by atoms with van der Waals surface area (Å²) in [6, 6.07) is 9.27. The lowest BCUT2D eigenvalue weighted by Gasteiger charge is -2.43. The van der Waals surface area contributed by atoms with Gasteiger partial charge in [-0.15, -0.1) is 0 Å². The molecule has 19 heavy (non-hydrogen) atoms. The van der Waals surface area contributed by atoms with Crippen molar-refractivity contribution in [3.8, 4) is 0 Å². The van der Waals surface area contributed by atoms with Crippen molar-refractivity contribution in [2.75, 3.05) is 13.6 Å². The van der Waals surface area contributed by atoms with Gasteiger partial charge in [0.15, 0.2) is 0 Å². The molecule has 0 saturated carbocycles. The van der Waals surface area contributed by atoms with Crippen LogP contribution < -0.4 is 4.90 Å². The molecule has 0 aromatic heterocycles. The Balaban J connectivity index is 2.11. The molecule has 0 radical (unpaired) electrons. The van der Waals surface area contributed by atoms with E-state index >= 15 is 0 Å². The maximum Gasteiger partial charge on any atom is 0.0872 e. The summed E-state index contributed by atoms with van der Waals surface area (Å²) in [5.41, 5.74) is 2.09. The van der Waals surface area contributed by atoms with Gasteiger partial charge in [-0.3, -0.25) is 0 Å². The van der Waals surface area contributed by atoms with Crippen LogP contribution in [0.15, 0.2) is 24.3 Å². The highest BCUT2D eigenvalue weighted by Gasteiger charge is 2.43. The lowest BCUT2D eigenvalue weighted by molar-refractivity contribution is -0.916. The van der Waals surface area contributed by atoms with Crippen LogP contribution >= 0.6 is 0 Å². The molecule has 4 atom stereocenters. The van der Waals surface area contributed by atoms with Crippen molar-refractivity contribution in [3.63, 3.8) is 0 Å². The minimum Gasteiger partial charge on any atom is -0.389 e. The first kappa shape index (κ1) is 14.5. The number of rotatable bonds is 3. The number of benzene rings is 1. The van der Waals surface area contributed by atoms with E-state index in [0.717, 1.165) is 25.8 Å². The number of hydrogen-bond acceptors (Lipinski definition) is 1. The van der Waals surface area contributed by atoms with Gasteiger partial charge in [0.25, 0.3) is 0 Å². The van der Waals surface area contributed by atoms with E-state index in [2.05, 4.69) is 52.1 Å². The number of likely N-dealkylation sites (tertiary alicyclic amines) is 1. The third-order valence-electron chi connectivity index (χ3n) is 4.99. The van der Waals surface area contributed by atoms with Gasteiger partial charge in [0.1, 0.15) is 0 Å². The minimum atomic E-state index is -0.535. The maximum atomic E-state index is 11.0. The van der Waals surface area contributed by atoms with E-state index in [-0.39, 0.29) is 0 Å². The Labute approximate surface area is 117 Å². The second-order valence-corrected chi connectivity index (χ2v) is 6.51. The molecule has 0 bridgehead atoms. The molecule has 1 aromatic carbocycles. The number of aliphatic hydroxyl groups is 1. The summed E-state index contributed by atoms with van der Waals surface area (Å²) < 4.78 is 0. The maximum absolute atomic E-state index is 11.0. The van der Waals surface area contributed by atoms with Crippen LogP contribution in [0.3, 0.4) is 0 Å². The quantitative estimate of drug-likeness (QED) is 0.847. The molecule has 1 unspecified atom stereocenters. The molecule has 2 N–H and O–H groups in total. The predicted octanol–water partition coefficient (Wildman–Crippen LogP) is 1.47. The second kappa shape index (κ2) is 5.64. The smallest absolute Gasteiger partial charge is 0.0872 e. The lowest BCUT2D eigenvalue weighted by atomic mass is 9.75. The highest BCUT2D eigenvalue weighted by Crippen LogP contribution is 2.29. The van der Waals surface area contributed by atoms with E-state index in [0.29, 0.717) is 12.0 Å². The van der Waals surface area contributed by atoms with Gasteiger partial charge in [-0.05, 0) is 24.5 Å². The predicted molar refractivity (Wildman–Crippen MR) is 79.5 cm³/mol. The summed E-state index contributed by atoms with van der Waals surface area (Å²) in [6.07, 6.45) is 2.76. The van der Waals surface area contributed by atoms with Gasteiger partial charge in [-0.1, -0.05) is 38.1 Å². The molecule has 0 amide bonds. The Bertz CT molecular complexity index is 414. The van der Waals surface area contributed by atoms with Crippen molar-refractivity contribution in [2.45, 2.75) is 51.7 Å². The Morgan fingerprint density at radius 3 is 2.37 bits per heavy atom. The fourth-order valence-electron chi connectivity index (χ4n) is 3.27. The van der Waals surface area contributed by atoms with Gasteiger partial charge in [-0.25, -0.2) is 0 Å². The largest absolute Gasteiger partial charge is 0.389 e. The molecule has 0 aliphatic carbocycles. The normalized spacial score (nSPS) is 35.3. The topological polar surface area (TPSA) is 24.7 Å². The van der Waals surface area contributed by atoms with E-state index in [1.54, 1.807) is 4.90 Å². The van der Waals surface area contributed by atoms with Crippen LogP contribution in [0.5, 0.6) is 0 Å². The van der Waals surface area contributed by atoms with Crippen molar-refractivity contribution in [1.29, 1.82) is 0 Å². The van der Waals surface area contributed by atoms with E-state index in [1.165, 1.54) is 11.1 Å². The molecular formula is C17H28NO+. The van der Waals surface area contributed by atoms with E-state index in [9.17, 15) is 5.11 Å². The fourth-order valence-corrected chi connectivity index (χ4v) is 3.27. The third-order valence-corrected chi connectivity index (χ3v) is 4.99. The van der Waals surface area contributed by atoms with E-state index in [1.807, 2.05) is 0 Å². The molecule has 0 spiro atoms. The molecule has 1 fully saturated rings. The highest BCUT2D eigenvalue weighted by atomic mass is 16.3. The molecule has 1 heterocycles. The minimum absolute atomic E-state index is 0.356. The molecular weight excluding hydrogens is 234 g/mol. The standard InChI is InChI=1S/C17H27NO/c1-5-15-6-8-16(9-7-15)11-17(19)10-14(3)18(4)12-13(17)2/h6-9,13-14,19H,5,10-12H2,1-4H3/p+1/t13-,14+,17-/m0/s1. The summed E-state index contributed by atoms with van der Waals surface area (Å²) in [5, 5.41) is 11.0. The van der Waals surface area contributed by atoms with Crippen LogP contribution in [-0.2, 0) is 12.8 Å². The van der Waals surface area contributed by atoms with Crippen molar-refractivity contribution in [3.05, 3.63) is 35.4 Å². The first-order valence-corrected chi connectivity index (χ1v) is 7.57. The van der Waals surface area contributed by atoms with Gasteiger partial charge < -0.3 is 10.0 Å². The molecule has 1 aliphatic rings. The second-order valence-electron chi connectivity index (χ2n) is 6.51. The highest BCUT2D eigenvalue weighted by molar-refractivity contribution is 5.24. The number of hydrogen-bond donors (Lipinski definition) is 2. The van der Waals surface area contributed by atoms with Gasteiger partial charge in [-0.2, -0.15) is 0 Å². The van der Waals surface area contributed by atoms with Crippen LogP contribution in [0.4, 0.5) is 0 Å². The SMILES string of the molecule is CCc1ccc(C[C@@]2(O)C[C@@H](C)[NH+](C)C[C@@H]2C)cc1. The van der Waals surface area contributed by atoms with Gasteiger partial charge in [0, 0.05) is 18.8 Å². The van der Waals surface area contributed by atoms with Crippen molar-refractivity contribution in [2.24, 2.45) is 5.92 Å². The first-order valence-electron chi connectivity index (χ1n) is 7.57.